The number of tetrazole rings is 1. The van der Waals surface area contributed by atoms with Crippen LogP contribution in [0.4, 0.5) is 4.79 Å². The Balaban J connectivity index is 1.42. The standard InChI is InChI=1S/C20H21N5O2/c26-20(21-17-10-4-5-11-17)27-18-12-6-9-16(13-18)19-22-24-25(23-19)14-15-7-2-1-3-8-15/h1-3,6-9,12-13,17H,4-5,10-11,14H2,(H,21,26). The van der Waals surface area contributed by atoms with Crippen LogP contribution in [0, 0.1) is 0 Å². The van der Waals surface area contributed by atoms with Crippen molar-refractivity contribution in [1.82, 2.24) is 25.5 Å². The van der Waals surface area contributed by atoms with Crippen LogP contribution in [-0.2, 0) is 6.54 Å². The maximum absolute atomic E-state index is 12.0. The van der Waals surface area contributed by atoms with E-state index < -0.39 is 6.09 Å². The number of nitrogens with zero attached hydrogens (tertiary/aromatic N) is 4. The first-order valence-corrected chi connectivity index (χ1v) is 9.17. The zero-order valence-electron chi connectivity index (χ0n) is 14.9. The molecule has 1 aliphatic carbocycles. The van der Waals surface area contributed by atoms with Crippen molar-refractivity contribution in [3.8, 4) is 17.1 Å². The summed E-state index contributed by atoms with van der Waals surface area (Å²) < 4.78 is 5.41. The second-order valence-electron chi connectivity index (χ2n) is 6.67. The molecule has 0 atom stereocenters. The Kier molecular flexibility index (Phi) is 5.09. The number of carbonyl (C=O) groups excluding carboxylic acids is 1. The molecule has 1 N–H and O–H groups in total. The van der Waals surface area contributed by atoms with Crippen LogP contribution < -0.4 is 10.1 Å². The minimum Gasteiger partial charge on any atom is -0.410 e. The van der Waals surface area contributed by atoms with Gasteiger partial charge in [-0.15, -0.1) is 10.2 Å². The lowest BCUT2D eigenvalue weighted by atomic mass is 10.2. The van der Waals surface area contributed by atoms with Crippen LogP contribution in [0.25, 0.3) is 11.4 Å². The fourth-order valence-electron chi connectivity index (χ4n) is 3.24. The van der Waals surface area contributed by atoms with E-state index in [0.29, 0.717) is 18.1 Å². The van der Waals surface area contributed by atoms with E-state index in [1.807, 2.05) is 42.5 Å². The smallest absolute Gasteiger partial charge is 0.410 e. The van der Waals surface area contributed by atoms with Crippen molar-refractivity contribution >= 4 is 6.09 Å². The van der Waals surface area contributed by atoms with Crippen molar-refractivity contribution in [2.45, 2.75) is 38.3 Å². The second-order valence-corrected chi connectivity index (χ2v) is 6.67. The molecule has 0 unspecified atom stereocenters. The third kappa shape index (κ3) is 4.49. The van der Waals surface area contributed by atoms with E-state index in [1.54, 1.807) is 16.9 Å². The number of rotatable bonds is 5. The molecule has 3 aromatic rings. The van der Waals surface area contributed by atoms with E-state index in [0.717, 1.165) is 36.8 Å². The summed E-state index contributed by atoms with van der Waals surface area (Å²) in [6.07, 6.45) is 3.93. The van der Waals surface area contributed by atoms with Crippen molar-refractivity contribution < 1.29 is 9.53 Å². The highest BCUT2D eigenvalue weighted by atomic mass is 16.6. The van der Waals surface area contributed by atoms with Crippen molar-refractivity contribution in [2.75, 3.05) is 0 Å². The molecule has 1 amide bonds. The molecule has 138 valence electrons. The van der Waals surface area contributed by atoms with Gasteiger partial charge in [-0.25, -0.2) is 4.79 Å². The van der Waals surface area contributed by atoms with Gasteiger partial charge in [0.05, 0.1) is 6.54 Å². The van der Waals surface area contributed by atoms with Crippen LogP contribution >= 0.6 is 0 Å². The third-order valence-corrected chi connectivity index (χ3v) is 4.60. The van der Waals surface area contributed by atoms with Crippen LogP contribution in [0.5, 0.6) is 5.75 Å². The van der Waals surface area contributed by atoms with Crippen molar-refractivity contribution in [1.29, 1.82) is 0 Å². The largest absolute Gasteiger partial charge is 0.412 e. The zero-order valence-corrected chi connectivity index (χ0v) is 14.9. The number of ether oxygens (including phenoxy) is 1. The molecule has 1 fully saturated rings. The van der Waals surface area contributed by atoms with Gasteiger partial charge in [-0.05, 0) is 35.8 Å². The van der Waals surface area contributed by atoms with E-state index in [1.165, 1.54) is 0 Å². The highest BCUT2D eigenvalue weighted by molar-refractivity contribution is 5.71. The van der Waals surface area contributed by atoms with Crippen LogP contribution in [0.3, 0.4) is 0 Å². The number of benzene rings is 2. The quantitative estimate of drug-likeness (QED) is 0.751. The number of nitrogens with one attached hydrogen (secondary N) is 1. The van der Waals surface area contributed by atoms with Crippen molar-refractivity contribution in [2.24, 2.45) is 0 Å². The Morgan fingerprint density at radius 2 is 1.93 bits per heavy atom. The predicted octanol–water partition coefficient (Wildman–Crippen LogP) is 3.42. The minimum absolute atomic E-state index is 0.222. The number of hydrogen-bond donors (Lipinski definition) is 1. The van der Waals surface area contributed by atoms with Crippen molar-refractivity contribution in [3.05, 3.63) is 60.2 Å². The molecule has 0 spiro atoms. The van der Waals surface area contributed by atoms with Gasteiger partial charge in [-0.2, -0.15) is 4.80 Å². The number of amides is 1. The molecule has 0 aliphatic heterocycles. The van der Waals surface area contributed by atoms with E-state index in [2.05, 4.69) is 20.7 Å². The van der Waals surface area contributed by atoms with Crippen LogP contribution in [0.15, 0.2) is 54.6 Å². The molecule has 1 aliphatic rings. The topological polar surface area (TPSA) is 81.9 Å². The van der Waals surface area contributed by atoms with Crippen LogP contribution in [0.2, 0.25) is 0 Å². The highest BCUT2D eigenvalue weighted by Gasteiger charge is 2.18. The van der Waals surface area contributed by atoms with Gasteiger partial charge >= 0.3 is 6.09 Å². The van der Waals surface area contributed by atoms with E-state index in [-0.39, 0.29) is 6.04 Å². The summed E-state index contributed by atoms with van der Waals surface area (Å²) in [6.45, 7) is 0.549. The first kappa shape index (κ1) is 17.2. The Morgan fingerprint density at radius 1 is 1.11 bits per heavy atom. The first-order chi connectivity index (χ1) is 13.3. The van der Waals surface area contributed by atoms with Gasteiger partial charge in [-0.1, -0.05) is 55.3 Å². The SMILES string of the molecule is O=C(NC1CCCC1)Oc1cccc(-c2nnn(Cc3ccccc3)n2)c1. The van der Waals surface area contributed by atoms with Crippen molar-refractivity contribution in [3.63, 3.8) is 0 Å². The van der Waals surface area contributed by atoms with Gasteiger partial charge < -0.3 is 10.1 Å². The van der Waals surface area contributed by atoms with E-state index in [9.17, 15) is 4.79 Å². The van der Waals surface area contributed by atoms with Crippen LogP contribution in [0.1, 0.15) is 31.2 Å². The maximum Gasteiger partial charge on any atom is 0.412 e. The zero-order chi connectivity index (χ0) is 18.5. The normalized spacial score (nSPS) is 14.2. The molecule has 7 heteroatoms. The fraction of sp³-hybridized carbons (Fsp3) is 0.300. The third-order valence-electron chi connectivity index (χ3n) is 4.60. The van der Waals surface area contributed by atoms with Gasteiger partial charge in [0, 0.05) is 11.6 Å². The second kappa shape index (κ2) is 7.99. The van der Waals surface area contributed by atoms with E-state index in [4.69, 9.17) is 4.74 Å². The average Bonchev–Trinajstić information content (AvgIpc) is 3.35. The van der Waals surface area contributed by atoms with Gasteiger partial charge in [-0.3, -0.25) is 0 Å². The summed E-state index contributed by atoms with van der Waals surface area (Å²) in [5.74, 6) is 0.954. The molecule has 1 aromatic heterocycles. The monoisotopic (exact) mass is 363 g/mol. The summed E-state index contributed by atoms with van der Waals surface area (Å²) >= 11 is 0. The molecule has 0 radical (unpaired) electrons. The Hall–Kier alpha value is -3.22. The lowest BCUT2D eigenvalue weighted by molar-refractivity contribution is 0.196. The van der Waals surface area contributed by atoms with E-state index >= 15 is 0 Å². The Labute approximate surface area is 157 Å². The highest BCUT2D eigenvalue weighted by Crippen LogP contribution is 2.21. The summed E-state index contributed by atoms with van der Waals surface area (Å²) in [7, 11) is 0. The average molecular weight is 363 g/mol. The van der Waals surface area contributed by atoms with Gasteiger partial charge in [0.25, 0.3) is 0 Å². The van der Waals surface area contributed by atoms with Gasteiger partial charge in [0.15, 0.2) is 0 Å². The number of hydrogen-bond acceptors (Lipinski definition) is 5. The molecular weight excluding hydrogens is 342 g/mol. The molecule has 7 nitrogen and oxygen atoms in total. The molecule has 0 bridgehead atoms. The van der Waals surface area contributed by atoms with Crippen LogP contribution in [-0.4, -0.2) is 32.3 Å². The molecule has 27 heavy (non-hydrogen) atoms. The number of aromatic nitrogens is 4. The maximum atomic E-state index is 12.0. The number of carbonyl (C=O) groups is 1. The Bertz CT molecular complexity index is 904. The Morgan fingerprint density at radius 3 is 2.74 bits per heavy atom. The molecular formula is C20H21N5O2. The molecule has 1 saturated carbocycles. The molecule has 2 aromatic carbocycles. The van der Waals surface area contributed by atoms with Gasteiger partial charge in [0.1, 0.15) is 5.75 Å². The minimum atomic E-state index is -0.417. The molecule has 4 rings (SSSR count). The lowest BCUT2D eigenvalue weighted by Crippen LogP contribution is -2.34. The lowest BCUT2D eigenvalue weighted by Gasteiger charge is -2.12. The summed E-state index contributed by atoms with van der Waals surface area (Å²) in [4.78, 5) is 13.6. The molecule has 0 saturated heterocycles. The predicted molar refractivity (Wildman–Crippen MR) is 100 cm³/mol. The first-order valence-electron chi connectivity index (χ1n) is 9.17. The van der Waals surface area contributed by atoms with Gasteiger partial charge in [0.2, 0.25) is 5.82 Å². The summed E-state index contributed by atoms with van der Waals surface area (Å²) in [5.41, 5.74) is 1.85. The summed E-state index contributed by atoms with van der Waals surface area (Å²) in [6, 6.07) is 17.3. The summed E-state index contributed by atoms with van der Waals surface area (Å²) in [5, 5.41) is 15.5. The fourth-order valence-corrected chi connectivity index (χ4v) is 3.24. The molecule has 1 heterocycles.